The highest BCUT2D eigenvalue weighted by molar-refractivity contribution is 5.89. The van der Waals surface area contributed by atoms with Crippen molar-refractivity contribution >= 4 is 34.0 Å². The van der Waals surface area contributed by atoms with Gasteiger partial charge in [-0.2, -0.15) is 0 Å². The molecule has 0 fully saturated rings. The highest BCUT2D eigenvalue weighted by Crippen LogP contribution is 2.30. The average molecular weight is 465 g/mol. The van der Waals surface area contributed by atoms with Gasteiger partial charge in [-0.05, 0) is 54.3 Å². The molecular weight excluding hydrogens is 436 g/mol. The minimum absolute atomic E-state index is 0.950. The Balaban J connectivity index is 1.58. The number of fused-ring (bicyclic) bond motifs is 2. The molecule has 3 aromatic carbocycles. The molecule has 0 N–H and O–H groups in total. The molecule has 0 radical (unpaired) electrons. The fraction of sp³-hybridized carbons (Fsp3) is 0.0588. The molecule has 0 spiro atoms. The van der Waals surface area contributed by atoms with Crippen molar-refractivity contribution in [2.24, 2.45) is 0 Å². The van der Waals surface area contributed by atoms with Crippen LogP contribution < -0.4 is 0 Å². The number of hydrogen-bond donors (Lipinski definition) is 0. The zero-order valence-corrected chi connectivity index (χ0v) is 20.7. The third-order valence-corrected chi connectivity index (χ3v) is 6.59. The normalized spacial score (nSPS) is 11.6. The Hall–Kier alpha value is -4.56. The third-order valence-electron chi connectivity index (χ3n) is 6.59. The Kier molecular flexibility index (Phi) is 6.42. The summed E-state index contributed by atoms with van der Waals surface area (Å²) in [5.41, 5.74) is 10.7. The molecule has 0 unspecified atom stereocenters. The first-order valence-corrected chi connectivity index (χ1v) is 12.1. The molecule has 2 nitrogen and oxygen atoms in total. The van der Waals surface area contributed by atoms with Crippen LogP contribution in [0.3, 0.4) is 0 Å². The van der Waals surface area contributed by atoms with Gasteiger partial charge in [0.15, 0.2) is 0 Å². The van der Waals surface area contributed by atoms with Crippen molar-refractivity contribution in [2.75, 3.05) is 0 Å². The number of aryl methyl sites for hydroxylation is 2. The zero-order valence-electron chi connectivity index (χ0n) is 20.7. The maximum atomic E-state index is 5.06. The third kappa shape index (κ3) is 4.42. The van der Waals surface area contributed by atoms with E-state index in [9.17, 15) is 0 Å². The van der Waals surface area contributed by atoms with E-state index in [0.29, 0.717) is 0 Å². The van der Waals surface area contributed by atoms with Crippen molar-refractivity contribution in [1.29, 1.82) is 0 Å². The summed E-state index contributed by atoms with van der Waals surface area (Å²) in [6, 6.07) is 25.5. The van der Waals surface area contributed by atoms with E-state index in [4.69, 9.17) is 9.97 Å². The van der Waals surface area contributed by atoms with Crippen molar-refractivity contribution in [3.8, 4) is 22.5 Å². The molecule has 5 aromatic rings. The van der Waals surface area contributed by atoms with Crippen molar-refractivity contribution in [3.05, 3.63) is 133 Å². The molecule has 0 aliphatic rings. The maximum Gasteiger partial charge on any atom is 0.0744 e. The second-order valence-electron chi connectivity index (χ2n) is 8.87. The lowest BCUT2D eigenvalue weighted by atomic mass is 10.00. The summed E-state index contributed by atoms with van der Waals surface area (Å²) in [7, 11) is 0. The number of rotatable bonds is 6. The van der Waals surface area contributed by atoms with Gasteiger partial charge >= 0.3 is 0 Å². The number of aromatic nitrogens is 2. The van der Waals surface area contributed by atoms with Crippen LogP contribution in [0.1, 0.15) is 22.3 Å². The molecule has 0 amide bonds. The topological polar surface area (TPSA) is 25.8 Å². The zero-order chi connectivity index (χ0) is 25.1. The van der Waals surface area contributed by atoms with Crippen LogP contribution >= 0.6 is 0 Å². The molecule has 0 aliphatic carbocycles. The summed E-state index contributed by atoms with van der Waals surface area (Å²) in [4.78, 5) is 10.1. The average Bonchev–Trinajstić information content (AvgIpc) is 2.92. The van der Waals surface area contributed by atoms with E-state index >= 15 is 0 Å². The quantitative estimate of drug-likeness (QED) is 0.234. The molecule has 0 atom stereocenters. The number of benzene rings is 3. The molecular formula is C34H28N2. The fourth-order valence-corrected chi connectivity index (χ4v) is 4.56. The molecule has 0 saturated carbocycles. The summed E-state index contributed by atoms with van der Waals surface area (Å²) in [5, 5.41) is 2.27. The number of nitrogens with zero attached hydrogens (tertiary/aromatic N) is 2. The van der Waals surface area contributed by atoms with Gasteiger partial charge in [0.25, 0.3) is 0 Å². The van der Waals surface area contributed by atoms with Gasteiger partial charge < -0.3 is 0 Å². The first kappa shape index (κ1) is 23.2. The summed E-state index contributed by atoms with van der Waals surface area (Å²) in [6.07, 6.45) is 11.6. The lowest BCUT2D eigenvalue weighted by molar-refractivity contribution is 1.34. The molecule has 174 valence electrons. The Morgan fingerprint density at radius 1 is 0.583 bits per heavy atom. The molecule has 36 heavy (non-hydrogen) atoms. The highest BCUT2D eigenvalue weighted by Gasteiger charge is 2.10. The molecule has 2 heterocycles. The summed E-state index contributed by atoms with van der Waals surface area (Å²) in [6.45, 7) is 11.8. The van der Waals surface area contributed by atoms with Crippen LogP contribution in [0.5, 0.6) is 0 Å². The number of hydrogen-bond acceptors (Lipinski definition) is 2. The minimum Gasteiger partial charge on any atom is -0.247 e. The smallest absolute Gasteiger partial charge is 0.0744 e. The van der Waals surface area contributed by atoms with Crippen LogP contribution in [-0.4, -0.2) is 9.97 Å². The van der Waals surface area contributed by atoms with Gasteiger partial charge in [0.1, 0.15) is 0 Å². The first-order valence-electron chi connectivity index (χ1n) is 12.1. The van der Waals surface area contributed by atoms with E-state index in [1.54, 1.807) is 12.2 Å². The monoisotopic (exact) mass is 464 g/mol. The van der Waals surface area contributed by atoms with Crippen molar-refractivity contribution in [2.45, 2.75) is 13.8 Å². The Labute approximate surface area is 212 Å². The predicted octanol–water partition coefficient (Wildman–Crippen LogP) is 9.13. The van der Waals surface area contributed by atoms with E-state index in [1.165, 1.54) is 0 Å². The molecule has 0 bridgehead atoms. The summed E-state index contributed by atoms with van der Waals surface area (Å²) < 4.78 is 0. The highest BCUT2D eigenvalue weighted by atomic mass is 14.7. The van der Waals surface area contributed by atoms with Gasteiger partial charge in [-0.15, -0.1) is 0 Å². The van der Waals surface area contributed by atoms with E-state index in [2.05, 4.69) is 112 Å². The lowest BCUT2D eigenvalue weighted by Gasteiger charge is -2.11. The van der Waals surface area contributed by atoms with Crippen LogP contribution in [0.2, 0.25) is 0 Å². The maximum absolute atomic E-state index is 5.06. The van der Waals surface area contributed by atoms with Crippen molar-refractivity contribution in [1.82, 2.24) is 9.97 Å². The van der Waals surface area contributed by atoms with Crippen LogP contribution in [-0.2, 0) is 0 Å². The molecule has 2 heteroatoms. The lowest BCUT2D eigenvalue weighted by Crippen LogP contribution is -1.92. The molecule has 0 aliphatic heterocycles. The van der Waals surface area contributed by atoms with Gasteiger partial charge in [-0.25, -0.2) is 9.97 Å². The number of allylic oxidation sites excluding steroid dienone is 4. The second kappa shape index (κ2) is 9.97. The predicted molar refractivity (Wildman–Crippen MR) is 156 cm³/mol. The van der Waals surface area contributed by atoms with Gasteiger partial charge in [0.2, 0.25) is 0 Å². The van der Waals surface area contributed by atoms with E-state index in [0.717, 1.165) is 66.6 Å². The summed E-state index contributed by atoms with van der Waals surface area (Å²) >= 11 is 0. The molecule has 0 saturated heterocycles. The van der Waals surface area contributed by atoms with E-state index in [1.807, 2.05) is 12.2 Å². The minimum atomic E-state index is 0.950. The number of pyridine rings is 2. The van der Waals surface area contributed by atoms with Crippen molar-refractivity contribution in [3.63, 3.8) is 0 Å². The van der Waals surface area contributed by atoms with E-state index in [-0.39, 0.29) is 0 Å². The largest absolute Gasteiger partial charge is 0.247 e. The van der Waals surface area contributed by atoms with Crippen LogP contribution in [0, 0.1) is 13.8 Å². The Morgan fingerprint density at radius 2 is 1.03 bits per heavy atom. The first-order chi connectivity index (χ1) is 17.6. The Bertz CT molecular complexity index is 1560. The van der Waals surface area contributed by atoms with Gasteiger partial charge in [0.05, 0.1) is 22.4 Å². The van der Waals surface area contributed by atoms with Crippen LogP contribution in [0.4, 0.5) is 0 Å². The van der Waals surface area contributed by atoms with Gasteiger partial charge in [-0.1, -0.05) is 104 Å². The molecule has 2 aromatic heterocycles. The summed E-state index contributed by atoms with van der Waals surface area (Å²) in [5.74, 6) is 0. The SMILES string of the molecule is C=C/C=C\c1ccc2ccc(-c3cccc(-c4ccc5ccc(/C=C\C=C)c(C)c5n4)c3)nc2c1C. The standard InChI is InChI=1S/C34H28N2/c1-5-7-10-25-14-16-27-18-20-31(35-33(27)23(25)3)29-12-9-13-30(22-29)32-21-19-28-17-15-26(11-8-6-2)24(4)34(28)36-32/h5-22H,1-2H2,3-4H3/b10-7-,11-8-. The van der Waals surface area contributed by atoms with Crippen LogP contribution in [0.15, 0.2) is 110 Å². The Morgan fingerprint density at radius 3 is 1.47 bits per heavy atom. The van der Waals surface area contributed by atoms with E-state index < -0.39 is 0 Å². The van der Waals surface area contributed by atoms with Gasteiger partial charge in [0, 0.05) is 21.9 Å². The van der Waals surface area contributed by atoms with Crippen LogP contribution in [0.25, 0.3) is 56.5 Å². The van der Waals surface area contributed by atoms with Crippen molar-refractivity contribution < 1.29 is 0 Å². The second-order valence-corrected chi connectivity index (χ2v) is 8.87. The van der Waals surface area contributed by atoms with Gasteiger partial charge in [-0.3, -0.25) is 0 Å². The molecule has 5 rings (SSSR count). The fourth-order valence-electron chi connectivity index (χ4n) is 4.56.